The summed E-state index contributed by atoms with van der Waals surface area (Å²) in [5.74, 6) is 2.89. The summed E-state index contributed by atoms with van der Waals surface area (Å²) in [6.45, 7) is 3.33. The van der Waals surface area contributed by atoms with Gasteiger partial charge in [0.05, 0.1) is 0 Å². The van der Waals surface area contributed by atoms with Crippen molar-refractivity contribution in [2.45, 2.75) is 38.0 Å². The normalized spacial score (nSPS) is 21.1. The molecule has 1 aliphatic heterocycles. The Morgan fingerprint density at radius 1 is 1.35 bits per heavy atom. The van der Waals surface area contributed by atoms with Gasteiger partial charge in [0, 0.05) is 18.5 Å². The van der Waals surface area contributed by atoms with Gasteiger partial charge in [-0.05, 0) is 58.2 Å². The van der Waals surface area contributed by atoms with Crippen LogP contribution in [0.25, 0.3) is 0 Å². The zero-order valence-corrected chi connectivity index (χ0v) is 12.2. The highest BCUT2D eigenvalue weighted by Crippen LogP contribution is 2.37. The van der Waals surface area contributed by atoms with E-state index in [2.05, 4.69) is 27.2 Å². The van der Waals surface area contributed by atoms with E-state index in [0.29, 0.717) is 5.92 Å². The molecule has 1 saturated heterocycles. The van der Waals surface area contributed by atoms with Crippen LogP contribution in [0.1, 0.15) is 43.8 Å². The lowest BCUT2D eigenvalue weighted by Crippen LogP contribution is -2.31. The van der Waals surface area contributed by atoms with E-state index >= 15 is 0 Å². The van der Waals surface area contributed by atoms with Crippen LogP contribution in [0.15, 0.2) is 10.9 Å². The van der Waals surface area contributed by atoms with Crippen LogP contribution >= 0.6 is 0 Å². The van der Waals surface area contributed by atoms with E-state index in [1.807, 2.05) is 0 Å². The molecule has 2 fully saturated rings. The Balaban J connectivity index is 1.49. The summed E-state index contributed by atoms with van der Waals surface area (Å²) < 4.78 is 0. The van der Waals surface area contributed by atoms with Crippen molar-refractivity contribution in [3.8, 4) is 0 Å². The molecule has 2 heterocycles. The van der Waals surface area contributed by atoms with Gasteiger partial charge in [-0.15, -0.1) is 0 Å². The van der Waals surface area contributed by atoms with Crippen molar-refractivity contribution >= 4 is 5.82 Å². The summed E-state index contributed by atoms with van der Waals surface area (Å²) >= 11 is 0. The Kier molecular flexibility index (Phi) is 4.05. The first kappa shape index (κ1) is 13.6. The van der Waals surface area contributed by atoms with Crippen LogP contribution in [0.4, 0.5) is 5.82 Å². The maximum absolute atomic E-state index is 11.6. The van der Waals surface area contributed by atoms with Crippen molar-refractivity contribution < 1.29 is 0 Å². The minimum atomic E-state index is -0.0382. The summed E-state index contributed by atoms with van der Waals surface area (Å²) in [7, 11) is 2.19. The average molecular weight is 276 g/mol. The van der Waals surface area contributed by atoms with Gasteiger partial charge in [-0.1, -0.05) is 0 Å². The molecule has 0 bridgehead atoms. The van der Waals surface area contributed by atoms with Crippen LogP contribution in [0.3, 0.4) is 0 Å². The Bertz CT molecular complexity index is 501. The van der Waals surface area contributed by atoms with Crippen LogP contribution < -0.4 is 10.9 Å². The molecule has 3 rings (SSSR count). The van der Waals surface area contributed by atoms with Crippen LogP contribution in [-0.4, -0.2) is 41.5 Å². The molecule has 0 unspecified atom stereocenters. The van der Waals surface area contributed by atoms with Crippen molar-refractivity contribution in [2.24, 2.45) is 5.92 Å². The second-order valence-electron chi connectivity index (χ2n) is 6.25. The van der Waals surface area contributed by atoms with Gasteiger partial charge in [-0.25, -0.2) is 4.98 Å². The smallest absolute Gasteiger partial charge is 0.252 e. The second-order valence-corrected chi connectivity index (χ2v) is 6.25. The Morgan fingerprint density at radius 3 is 2.80 bits per heavy atom. The van der Waals surface area contributed by atoms with Gasteiger partial charge in [0.15, 0.2) is 0 Å². The Morgan fingerprint density at radius 2 is 2.10 bits per heavy atom. The van der Waals surface area contributed by atoms with Crippen LogP contribution in [0.5, 0.6) is 0 Å². The van der Waals surface area contributed by atoms with E-state index in [4.69, 9.17) is 0 Å². The molecule has 2 N–H and O–H groups in total. The first-order valence-corrected chi connectivity index (χ1v) is 7.74. The van der Waals surface area contributed by atoms with Crippen molar-refractivity contribution in [3.63, 3.8) is 0 Å². The third-order valence-electron chi connectivity index (χ3n) is 4.42. The molecular weight excluding hydrogens is 252 g/mol. The van der Waals surface area contributed by atoms with Crippen molar-refractivity contribution in [1.29, 1.82) is 0 Å². The molecule has 5 nitrogen and oxygen atoms in total. The molecule has 20 heavy (non-hydrogen) atoms. The molecule has 0 amide bonds. The summed E-state index contributed by atoms with van der Waals surface area (Å²) in [5.41, 5.74) is -0.0382. The summed E-state index contributed by atoms with van der Waals surface area (Å²) in [4.78, 5) is 21.4. The fraction of sp³-hybridized carbons (Fsp3) is 0.733. The van der Waals surface area contributed by atoms with Gasteiger partial charge < -0.3 is 15.2 Å². The van der Waals surface area contributed by atoms with E-state index < -0.39 is 0 Å². The van der Waals surface area contributed by atoms with Crippen LogP contribution in [0.2, 0.25) is 0 Å². The number of nitrogens with one attached hydrogen (secondary N) is 2. The topological polar surface area (TPSA) is 61.0 Å². The molecule has 1 saturated carbocycles. The van der Waals surface area contributed by atoms with E-state index in [-0.39, 0.29) is 5.56 Å². The van der Waals surface area contributed by atoms with Crippen LogP contribution in [0, 0.1) is 5.92 Å². The largest absolute Gasteiger partial charge is 0.370 e. The first-order valence-electron chi connectivity index (χ1n) is 7.74. The number of nitrogens with zero attached hydrogens (tertiary/aromatic N) is 2. The number of hydrogen-bond acceptors (Lipinski definition) is 4. The number of likely N-dealkylation sites (tertiary alicyclic amines) is 1. The van der Waals surface area contributed by atoms with E-state index in [1.54, 1.807) is 6.07 Å². The molecule has 0 aromatic carbocycles. The standard InChI is InChI=1S/C15H24N4O/c1-19-8-5-11(6-9-19)4-7-16-13-10-14(20)18-15(17-13)12-2-3-12/h10-12H,2-9H2,1H3,(H2,16,17,18,20). The number of hydrogen-bond donors (Lipinski definition) is 2. The number of aromatic amines is 1. The first-order chi connectivity index (χ1) is 9.70. The van der Waals surface area contributed by atoms with Gasteiger partial charge in [-0.3, -0.25) is 4.79 Å². The van der Waals surface area contributed by atoms with Gasteiger partial charge in [-0.2, -0.15) is 0 Å². The molecule has 2 aliphatic rings. The number of aromatic nitrogens is 2. The number of rotatable bonds is 5. The van der Waals surface area contributed by atoms with Gasteiger partial charge in [0.1, 0.15) is 11.6 Å². The van der Waals surface area contributed by atoms with E-state index in [1.165, 1.54) is 32.4 Å². The molecule has 5 heteroatoms. The van der Waals surface area contributed by atoms with Crippen molar-refractivity contribution in [2.75, 3.05) is 32.0 Å². The van der Waals surface area contributed by atoms with Crippen molar-refractivity contribution in [1.82, 2.24) is 14.9 Å². The highest BCUT2D eigenvalue weighted by molar-refractivity contribution is 5.33. The predicted octanol–water partition coefficient (Wildman–Crippen LogP) is 1.79. The zero-order valence-electron chi connectivity index (χ0n) is 12.2. The maximum atomic E-state index is 11.6. The molecule has 110 valence electrons. The zero-order chi connectivity index (χ0) is 13.9. The fourth-order valence-electron chi connectivity index (χ4n) is 2.87. The molecular formula is C15H24N4O. The number of piperidine rings is 1. The Labute approximate surface area is 119 Å². The molecule has 0 spiro atoms. The number of anilines is 1. The van der Waals surface area contributed by atoms with E-state index in [0.717, 1.165) is 36.9 Å². The fourth-order valence-corrected chi connectivity index (χ4v) is 2.87. The quantitative estimate of drug-likeness (QED) is 0.861. The van der Waals surface area contributed by atoms with E-state index in [9.17, 15) is 4.79 Å². The van der Waals surface area contributed by atoms with Gasteiger partial charge in [0.25, 0.3) is 5.56 Å². The van der Waals surface area contributed by atoms with Crippen LogP contribution in [-0.2, 0) is 0 Å². The monoisotopic (exact) mass is 276 g/mol. The molecule has 0 radical (unpaired) electrons. The lowest BCUT2D eigenvalue weighted by Gasteiger charge is -2.28. The SMILES string of the molecule is CN1CCC(CCNc2cc(=O)[nH]c(C3CC3)n2)CC1. The molecule has 0 atom stereocenters. The minimum Gasteiger partial charge on any atom is -0.370 e. The summed E-state index contributed by atoms with van der Waals surface area (Å²) in [6, 6.07) is 1.57. The average Bonchev–Trinajstić information content (AvgIpc) is 3.25. The summed E-state index contributed by atoms with van der Waals surface area (Å²) in [5, 5.41) is 3.32. The molecule has 1 aliphatic carbocycles. The number of H-pyrrole nitrogens is 1. The Hall–Kier alpha value is -1.36. The van der Waals surface area contributed by atoms with Crippen molar-refractivity contribution in [3.05, 3.63) is 22.2 Å². The van der Waals surface area contributed by atoms with Gasteiger partial charge >= 0.3 is 0 Å². The highest BCUT2D eigenvalue weighted by Gasteiger charge is 2.26. The molecule has 1 aromatic rings. The van der Waals surface area contributed by atoms with Gasteiger partial charge in [0.2, 0.25) is 0 Å². The maximum Gasteiger partial charge on any atom is 0.252 e. The third-order valence-corrected chi connectivity index (χ3v) is 4.42. The molecule has 1 aromatic heterocycles. The lowest BCUT2D eigenvalue weighted by molar-refractivity contribution is 0.215. The minimum absolute atomic E-state index is 0.0382. The third kappa shape index (κ3) is 3.60. The highest BCUT2D eigenvalue weighted by atomic mass is 16.1. The summed E-state index contributed by atoms with van der Waals surface area (Å²) in [6.07, 6.45) is 6.05. The second kappa shape index (κ2) is 5.95. The predicted molar refractivity (Wildman–Crippen MR) is 80.2 cm³/mol. The lowest BCUT2D eigenvalue weighted by atomic mass is 9.94.